The summed E-state index contributed by atoms with van der Waals surface area (Å²) in [6, 6.07) is 13.6. The number of hydrogen-bond acceptors (Lipinski definition) is 6. The number of carbonyl (C=O) groups excluding carboxylic acids is 2. The molecule has 0 radical (unpaired) electrons. The highest BCUT2D eigenvalue weighted by atomic mass is 16.5. The lowest BCUT2D eigenvalue weighted by molar-refractivity contribution is -0.131. The SMILES string of the molecule is CCOc1cccc(C2C(C(=O)c3cc4cccc(OC)c4o3)=C(O)C(=O)N2C2CCCC2)c1. The number of ether oxygens (including phenoxy) is 2. The maximum atomic E-state index is 13.8. The van der Waals surface area contributed by atoms with Crippen molar-refractivity contribution in [2.45, 2.75) is 44.7 Å². The molecule has 7 heteroatoms. The predicted octanol–water partition coefficient (Wildman–Crippen LogP) is 5.36. The number of carbonyl (C=O) groups is 2. The number of furan rings is 1. The van der Waals surface area contributed by atoms with E-state index in [1.807, 2.05) is 43.3 Å². The molecule has 34 heavy (non-hydrogen) atoms. The summed E-state index contributed by atoms with van der Waals surface area (Å²) in [5, 5.41) is 11.7. The second kappa shape index (κ2) is 8.89. The van der Waals surface area contributed by atoms with Crippen LogP contribution in [0.4, 0.5) is 0 Å². The lowest BCUT2D eigenvalue weighted by atomic mass is 9.94. The first kappa shape index (κ1) is 22.1. The summed E-state index contributed by atoms with van der Waals surface area (Å²) < 4.78 is 16.9. The van der Waals surface area contributed by atoms with Crippen molar-refractivity contribution in [3.05, 3.63) is 71.2 Å². The van der Waals surface area contributed by atoms with Crippen molar-refractivity contribution in [3.63, 3.8) is 0 Å². The van der Waals surface area contributed by atoms with Gasteiger partial charge in [0.05, 0.1) is 25.3 Å². The summed E-state index contributed by atoms with van der Waals surface area (Å²) in [5.74, 6) is -0.354. The quantitative estimate of drug-likeness (QED) is 0.477. The zero-order chi connectivity index (χ0) is 23.8. The van der Waals surface area contributed by atoms with E-state index in [0.717, 1.165) is 25.7 Å². The molecule has 3 aromatic rings. The molecular formula is C27H27NO6. The topological polar surface area (TPSA) is 89.2 Å². The highest BCUT2D eigenvalue weighted by Crippen LogP contribution is 2.44. The third-order valence-corrected chi connectivity index (χ3v) is 6.64. The van der Waals surface area contributed by atoms with Gasteiger partial charge in [-0.1, -0.05) is 37.1 Å². The van der Waals surface area contributed by atoms with Crippen LogP contribution in [0.1, 0.15) is 54.8 Å². The van der Waals surface area contributed by atoms with E-state index in [1.54, 1.807) is 17.0 Å². The molecule has 1 atom stereocenters. The lowest BCUT2D eigenvalue weighted by Gasteiger charge is -2.32. The Bertz CT molecular complexity index is 1280. The first-order valence-electron chi connectivity index (χ1n) is 11.6. The molecule has 1 fully saturated rings. The molecule has 2 aliphatic rings. The third-order valence-electron chi connectivity index (χ3n) is 6.64. The summed E-state index contributed by atoms with van der Waals surface area (Å²) in [7, 11) is 1.53. The van der Waals surface area contributed by atoms with E-state index < -0.39 is 23.5 Å². The minimum atomic E-state index is -0.724. The zero-order valence-electron chi connectivity index (χ0n) is 19.2. The van der Waals surface area contributed by atoms with Crippen LogP contribution in [0.2, 0.25) is 0 Å². The third kappa shape index (κ3) is 3.61. The number of nitrogens with zero attached hydrogens (tertiary/aromatic N) is 1. The fourth-order valence-electron chi connectivity index (χ4n) is 5.12. The number of rotatable bonds is 7. The van der Waals surface area contributed by atoms with Crippen molar-refractivity contribution in [2.75, 3.05) is 13.7 Å². The molecule has 1 unspecified atom stereocenters. The second-order valence-corrected chi connectivity index (χ2v) is 8.64. The molecule has 5 rings (SSSR count). The van der Waals surface area contributed by atoms with Crippen molar-refractivity contribution in [1.82, 2.24) is 4.90 Å². The van der Waals surface area contributed by atoms with Gasteiger partial charge in [-0.05, 0) is 49.6 Å². The van der Waals surface area contributed by atoms with Gasteiger partial charge in [0.2, 0.25) is 5.78 Å². The summed E-state index contributed by atoms with van der Waals surface area (Å²) in [6.07, 6.45) is 3.69. The van der Waals surface area contributed by atoms with Gasteiger partial charge in [0.1, 0.15) is 5.75 Å². The smallest absolute Gasteiger partial charge is 0.290 e. The Morgan fingerprint density at radius 1 is 1.15 bits per heavy atom. The van der Waals surface area contributed by atoms with E-state index in [9.17, 15) is 14.7 Å². The molecule has 0 spiro atoms. The minimum absolute atomic E-state index is 0.0311. The number of hydrogen-bond donors (Lipinski definition) is 1. The monoisotopic (exact) mass is 461 g/mol. The van der Waals surface area contributed by atoms with Crippen molar-refractivity contribution < 1.29 is 28.6 Å². The van der Waals surface area contributed by atoms with Crippen LogP contribution in [0.5, 0.6) is 11.5 Å². The molecule has 2 aromatic carbocycles. The number of ketones is 1. The van der Waals surface area contributed by atoms with Gasteiger partial charge in [0, 0.05) is 11.4 Å². The maximum Gasteiger partial charge on any atom is 0.290 e. The van der Waals surface area contributed by atoms with E-state index in [-0.39, 0.29) is 17.4 Å². The van der Waals surface area contributed by atoms with Crippen molar-refractivity contribution >= 4 is 22.7 Å². The van der Waals surface area contributed by atoms with Gasteiger partial charge in [-0.3, -0.25) is 9.59 Å². The number of fused-ring (bicyclic) bond motifs is 1. The van der Waals surface area contributed by atoms with Crippen LogP contribution >= 0.6 is 0 Å². The van der Waals surface area contributed by atoms with Crippen LogP contribution in [0, 0.1) is 0 Å². The lowest BCUT2D eigenvalue weighted by Crippen LogP contribution is -2.38. The highest BCUT2D eigenvalue weighted by Gasteiger charge is 2.47. The second-order valence-electron chi connectivity index (χ2n) is 8.64. The van der Waals surface area contributed by atoms with E-state index in [1.165, 1.54) is 7.11 Å². The fourth-order valence-corrected chi connectivity index (χ4v) is 5.12. The Morgan fingerprint density at radius 2 is 1.91 bits per heavy atom. The first-order chi connectivity index (χ1) is 16.5. The number of para-hydroxylation sites is 1. The van der Waals surface area contributed by atoms with Gasteiger partial charge >= 0.3 is 0 Å². The molecule has 2 heterocycles. The van der Waals surface area contributed by atoms with Crippen molar-refractivity contribution in [3.8, 4) is 11.5 Å². The van der Waals surface area contributed by atoms with E-state index in [0.29, 0.717) is 34.6 Å². The number of aliphatic hydroxyl groups excluding tert-OH is 1. The summed E-state index contributed by atoms with van der Waals surface area (Å²) in [5.41, 5.74) is 1.19. The van der Waals surface area contributed by atoms with Crippen molar-refractivity contribution in [1.29, 1.82) is 0 Å². The van der Waals surface area contributed by atoms with Crippen LogP contribution in [-0.2, 0) is 4.79 Å². The number of Topliss-reactive ketones (excluding diaryl/α,β-unsaturated/α-hetero) is 1. The summed E-state index contributed by atoms with van der Waals surface area (Å²) in [4.78, 5) is 28.7. The predicted molar refractivity (Wildman–Crippen MR) is 126 cm³/mol. The Kier molecular flexibility index (Phi) is 5.77. The summed E-state index contributed by atoms with van der Waals surface area (Å²) >= 11 is 0. The van der Waals surface area contributed by atoms with Gasteiger partial charge in [0.15, 0.2) is 22.9 Å². The molecule has 1 aromatic heterocycles. The number of benzene rings is 2. The van der Waals surface area contributed by atoms with Crippen LogP contribution in [0.25, 0.3) is 11.0 Å². The van der Waals surface area contributed by atoms with E-state index >= 15 is 0 Å². The van der Waals surface area contributed by atoms with Gasteiger partial charge in [-0.2, -0.15) is 0 Å². The van der Waals surface area contributed by atoms with Gasteiger partial charge in [-0.15, -0.1) is 0 Å². The normalized spacial score (nSPS) is 18.8. The Balaban J connectivity index is 1.62. The molecule has 1 aliphatic carbocycles. The van der Waals surface area contributed by atoms with Crippen LogP contribution in [0.15, 0.2) is 64.3 Å². The Labute approximate surface area is 197 Å². The van der Waals surface area contributed by atoms with Gasteiger partial charge in [-0.25, -0.2) is 0 Å². The Hall–Kier alpha value is -3.74. The molecule has 1 amide bonds. The molecule has 1 N–H and O–H groups in total. The molecule has 176 valence electrons. The molecule has 0 saturated heterocycles. The average molecular weight is 462 g/mol. The summed E-state index contributed by atoms with van der Waals surface area (Å²) in [6.45, 7) is 2.39. The number of aliphatic hydroxyl groups is 1. The average Bonchev–Trinajstić information content (AvgIpc) is 3.58. The fraction of sp³-hybridized carbons (Fsp3) is 0.333. The molecular weight excluding hydrogens is 434 g/mol. The van der Waals surface area contributed by atoms with E-state index in [2.05, 4.69) is 0 Å². The Morgan fingerprint density at radius 3 is 2.65 bits per heavy atom. The number of methoxy groups -OCH3 is 1. The highest BCUT2D eigenvalue weighted by molar-refractivity contribution is 6.16. The molecule has 1 aliphatic heterocycles. The molecule has 1 saturated carbocycles. The van der Waals surface area contributed by atoms with Gasteiger partial charge in [0.25, 0.3) is 5.91 Å². The number of amides is 1. The molecule has 0 bridgehead atoms. The van der Waals surface area contributed by atoms with E-state index in [4.69, 9.17) is 13.9 Å². The van der Waals surface area contributed by atoms with Crippen molar-refractivity contribution in [2.24, 2.45) is 0 Å². The van der Waals surface area contributed by atoms with Crippen LogP contribution < -0.4 is 9.47 Å². The van der Waals surface area contributed by atoms with Crippen LogP contribution in [0.3, 0.4) is 0 Å². The largest absolute Gasteiger partial charge is 0.503 e. The van der Waals surface area contributed by atoms with Crippen LogP contribution in [-0.4, -0.2) is 41.5 Å². The zero-order valence-corrected chi connectivity index (χ0v) is 19.2. The first-order valence-corrected chi connectivity index (χ1v) is 11.6. The minimum Gasteiger partial charge on any atom is -0.503 e. The van der Waals surface area contributed by atoms with Gasteiger partial charge < -0.3 is 23.9 Å². The standard InChI is InChI=1S/C27H27NO6/c1-3-33-19-12-6-8-16(14-19)23-22(25(30)27(31)28(23)18-10-4-5-11-18)24(29)21-15-17-9-7-13-20(32-2)26(17)34-21/h6-9,12-15,18,23,30H,3-5,10-11H2,1-2H3. The molecule has 7 nitrogen and oxygen atoms in total. The maximum absolute atomic E-state index is 13.8.